The lowest BCUT2D eigenvalue weighted by molar-refractivity contribution is 0.479. The molecule has 0 heterocycles. The fraction of sp³-hybridized carbons (Fsp3) is 0.250. The van der Waals surface area contributed by atoms with Gasteiger partial charge in [0.05, 0.1) is 4.47 Å². The second-order valence-electron chi connectivity index (χ2n) is 4.95. The Kier molecular flexibility index (Phi) is 4.78. The third-order valence-corrected chi connectivity index (χ3v) is 3.59. The van der Waals surface area contributed by atoms with E-state index in [0.717, 1.165) is 17.7 Å². The highest BCUT2D eigenvalue weighted by atomic mass is 79.9. The van der Waals surface area contributed by atoms with Gasteiger partial charge in [0.1, 0.15) is 17.3 Å². The molecule has 2 rings (SSSR count). The average Bonchev–Trinajstić information content (AvgIpc) is 2.37. The number of halogens is 2. The largest absolute Gasteiger partial charge is 0.457 e. The Labute approximate surface area is 126 Å². The average molecular weight is 338 g/mol. The van der Waals surface area contributed by atoms with Gasteiger partial charge in [0.15, 0.2) is 0 Å². The molecule has 0 aromatic heterocycles. The molecular weight excluding hydrogens is 321 g/mol. The fourth-order valence-corrected chi connectivity index (χ4v) is 2.34. The number of aryl methyl sites for hydroxylation is 1. The van der Waals surface area contributed by atoms with E-state index in [1.54, 1.807) is 12.1 Å². The van der Waals surface area contributed by atoms with Crippen LogP contribution in [-0.4, -0.2) is 6.04 Å². The van der Waals surface area contributed by atoms with Crippen molar-refractivity contribution < 1.29 is 9.13 Å². The minimum atomic E-state index is -0.305. The number of ether oxygens (including phenoxy) is 1. The number of benzene rings is 2. The molecule has 2 nitrogen and oxygen atoms in total. The van der Waals surface area contributed by atoms with Crippen LogP contribution in [0.3, 0.4) is 0 Å². The molecule has 0 aliphatic carbocycles. The monoisotopic (exact) mass is 337 g/mol. The van der Waals surface area contributed by atoms with Gasteiger partial charge in [-0.15, -0.1) is 0 Å². The van der Waals surface area contributed by atoms with Crippen LogP contribution in [0.2, 0.25) is 0 Å². The SMILES string of the molecule is Cc1cc(Oc2ccc(F)c(Br)c2)ccc1CC(C)N. The predicted molar refractivity (Wildman–Crippen MR) is 82.7 cm³/mol. The maximum absolute atomic E-state index is 13.2. The molecule has 1 atom stereocenters. The molecule has 106 valence electrons. The van der Waals surface area contributed by atoms with Crippen LogP contribution < -0.4 is 10.5 Å². The summed E-state index contributed by atoms with van der Waals surface area (Å²) in [6, 6.07) is 10.6. The van der Waals surface area contributed by atoms with Crippen molar-refractivity contribution in [2.24, 2.45) is 5.73 Å². The molecule has 0 amide bonds. The zero-order valence-corrected chi connectivity index (χ0v) is 13.1. The molecule has 2 aromatic carbocycles. The number of rotatable bonds is 4. The smallest absolute Gasteiger partial charge is 0.137 e. The first-order valence-corrected chi connectivity index (χ1v) is 7.23. The number of hydrogen-bond acceptors (Lipinski definition) is 2. The lowest BCUT2D eigenvalue weighted by Gasteiger charge is -2.12. The quantitative estimate of drug-likeness (QED) is 0.886. The molecule has 4 heteroatoms. The zero-order chi connectivity index (χ0) is 14.7. The van der Waals surface area contributed by atoms with Gasteiger partial charge in [-0.1, -0.05) is 6.07 Å². The standard InChI is InChI=1S/C16H17BrFNO/c1-10-7-13(4-3-12(10)8-11(2)19)20-14-5-6-16(18)15(17)9-14/h3-7,9,11H,8,19H2,1-2H3. The van der Waals surface area contributed by atoms with Crippen LogP contribution in [0.5, 0.6) is 11.5 Å². The van der Waals surface area contributed by atoms with E-state index in [2.05, 4.69) is 15.9 Å². The third kappa shape index (κ3) is 3.81. The Bertz CT molecular complexity index is 613. The summed E-state index contributed by atoms with van der Waals surface area (Å²) < 4.78 is 19.3. The third-order valence-electron chi connectivity index (χ3n) is 2.98. The predicted octanol–water partition coefficient (Wildman–Crippen LogP) is 4.58. The van der Waals surface area contributed by atoms with Crippen LogP contribution in [0.4, 0.5) is 4.39 Å². The van der Waals surface area contributed by atoms with Gasteiger partial charge in [-0.3, -0.25) is 0 Å². The summed E-state index contributed by atoms with van der Waals surface area (Å²) in [7, 11) is 0. The van der Waals surface area contributed by atoms with Crippen molar-refractivity contribution in [3.63, 3.8) is 0 Å². The summed E-state index contributed by atoms with van der Waals surface area (Å²) in [4.78, 5) is 0. The first-order valence-electron chi connectivity index (χ1n) is 6.43. The van der Waals surface area contributed by atoms with Crippen LogP contribution in [-0.2, 0) is 6.42 Å². The molecule has 2 aromatic rings. The summed E-state index contributed by atoms with van der Waals surface area (Å²) in [6.45, 7) is 4.02. The maximum atomic E-state index is 13.2. The Morgan fingerprint density at radius 1 is 1.20 bits per heavy atom. The van der Waals surface area contributed by atoms with Crippen LogP contribution in [0.15, 0.2) is 40.9 Å². The molecule has 0 fully saturated rings. The van der Waals surface area contributed by atoms with Crippen molar-refractivity contribution in [2.75, 3.05) is 0 Å². The van der Waals surface area contributed by atoms with Crippen LogP contribution in [0, 0.1) is 12.7 Å². The number of hydrogen-bond donors (Lipinski definition) is 1. The first-order chi connectivity index (χ1) is 9.45. The van der Waals surface area contributed by atoms with E-state index in [1.807, 2.05) is 32.0 Å². The van der Waals surface area contributed by atoms with Gasteiger partial charge >= 0.3 is 0 Å². The molecule has 0 aliphatic rings. The van der Waals surface area contributed by atoms with Crippen molar-refractivity contribution in [2.45, 2.75) is 26.3 Å². The van der Waals surface area contributed by atoms with Gasteiger partial charge in [0, 0.05) is 6.04 Å². The topological polar surface area (TPSA) is 35.2 Å². The second kappa shape index (κ2) is 6.37. The highest BCUT2D eigenvalue weighted by Crippen LogP contribution is 2.27. The minimum absolute atomic E-state index is 0.133. The van der Waals surface area contributed by atoms with Gasteiger partial charge in [-0.2, -0.15) is 0 Å². The van der Waals surface area contributed by atoms with Gasteiger partial charge in [-0.25, -0.2) is 4.39 Å². The molecule has 0 saturated carbocycles. The normalized spacial score (nSPS) is 12.2. The van der Waals surface area contributed by atoms with Crippen LogP contribution in [0.25, 0.3) is 0 Å². The van der Waals surface area contributed by atoms with Gasteiger partial charge in [0.2, 0.25) is 0 Å². The highest BCUT2D eigenvalue weighted by Gasteiger charge is 2.06. The van der Waals surface area contributed by atoms with E-state index in [4.69, 9.17) is 10.5 Å². The van der Waals surface area contributed by atoms with Crippen molar-refractivity contribution in [3.8, 4) is 11.5 Å². The first kappa shape index (κ1) is 15.0. The summed E-state index contributed by atoms with van der Waals surface area (Å²) >= 11 is 3.14. The second-order valence-corrected chi connectivity index (χ2v) is 5.80. The lowest BCUT2D eigenvalue weighted by Crippen LogP contribution is -2.18. The Morgan fingerprint density at radius 3 is 2.45 bits per heavy atom. The summed E-state index contributed by atoms with van der Waals surface area (Å²) in [5.41, 5.74) is 8.17. The molecular formula is C16H17BrFNO. The van der Waals surface area contributed by atoms with Crippen LogP contribution in [0.1, 0.15) is 18.1 Å². The molecule has 0 aliphatic heterocycles. The van der Waals surface area contributed by atoms with E-state index in [0.29, 0.717) is 10.2 Å². The van der Waals surface area contributed by atoms with Crippen molar-refractivity contribution in [1.82, 2.24) is 0 Å². The van der Waals surface area contributed by atoms with E-state index < -0.39 is 0 Å². The Hall–Kier alpha value is -1.39. The highest BCUT2D eigenvalue weighted by molar-refractivity contribution is 9.10. The molecule has 0 spiro atoms. The summed E-state index contributed by atoms with van der Waals surface area (Å²) in [5.74, 6) is 1.02. The van der Waals surface area contributed by atoms with Gasteiger partial charge in [0.25, 0.3) is 0 Å². The van der Waals surface area contributed by atoms with E-state index >= 15 is 0 Å². The van der Waals surface area contributed by atoms with E-state index in [-0.39, 0.29) is 11.9 Å². The Balaban J connectivity index is 2.17. The molecule has 1 unspecified atom stereocenters. The maximum Gasteiger partial charge on any atom is 0.137 e. The summed E-state index contributed by atoms with van der Waals surface area (Å²) in [6.07, 6.45) is 0.841. The molecule has 0 bridgehead atoms. The van der Waals surface area contributed by atoms with Crippen LogP contribution >= 0.6 is 15.9 Å². The lowest BCUT2D eigenvalue weighted by atomic mass is 10.0. The van der Waals surface area contributed by atoms with Gasteiger partial charge in [-0.05, 0) is 77.7 Å². The Morgan fingerprint density at radius 2 is 1.85 bits per heavy atom. The van der Waals surface area contributed by atoms with Crippen molar-refractivity contribution >= 4 is 15.9 Å². The molecule has 20 heavy (non-hydrogen) atoms. The summed E-state index contributed by atoms with van der Waals surface area (Å²) in [5, 5.41) is 0. The van der Waals surface area contributed by atoms with E-state index in [1.165, 1.54) is 11.6 Å². The van der Waals surface area contributed by atoms with E-state index in [9.17, 15) is 4.39 Å². The number of nitrogens with two attached hydrogens (primary N) is 1. The molecule has 0 radical (unpaired) electrons. The molecule has 2 N–H and O–H groups in total. The van der Waals surface area contributed by atoms with Gasteiger partial charge < -0.3 is 10.5 Å². The minimum Gasteiger partial charge on any atom is -0.457 e. The van der Waals surface area contributed by atoms with Crippen molar-refractivity contribution in [3.05, 3.63) is 57.8 Å². The van der Waals surface area contributed by atoms with Crippen molar-refractivity contribution in [1.29, 1.82) is 0 Å². The fourth-order valence-electron chi connectivity index (χ4n) is 1.98. The molecule has 0 saturated heterocycles. The zero-order valence-electron chi connectivity index (χ0n) is 11.5.